The van der Waals surface area contributed by atoms with Gasteiger partial charge in [-0.15, -0.1) is 0 Å². The number of urea groups is 1. The Hall–Kier alpha value is -2.16. The third kappa shape index (κ3) is 4.10. The third-order valence-electron chi connectivity index (χ3n) is 6.32. The highest BCUT2D eigenvalue weighted by Crippen LogP contribution is 2.32. The van der Waals surface area contributed by atoms with Gasteiger partial charge in [0, 0.05) is 38.9 Å². The van der Waals surface area contributed by atoms with Gasteiger partial charge in [-0.25, -0.2) is 17.6 Å². The van der Waals surface area contributed by atoms with Crippen molar-refractivity contribution in [3.05, 3.63) is 29.6 Å². The summed E-state index contributed by atoms with van der Waals surface area (Å²) in [6.45, 7) is 2.39. The third-order valence-corrected chi connectivity index (χ3v) is 7.49. The second kappa shape index (κ2) is 7.27. The predicted octanol–water partition coefficient (Wildman–Crippen LogP) is 1.57. The maximum Gasteiger partial charge on any atom is 0.320 e. The number of hydrogen-bond acceptors (Lipinski definition) is 4. The van der Waals surface area contributed by atoms with Crippen molar-refractivity contribution in [1.29, 1.82) is 0 Å². The van der Waals surface area contributed by atoms with E-state index in [1.165, 1.54) is 6.07 Å². The zero-order chi connectivity index (χ0) is 20.8. The quantitative estimate of drug-likeness (QED) is 0.800. The van der Waals surface area contributed by atoms with E-state index < -0.39 is 15.7 Å². The average molecular weight is 424 g/mol. The lowest BCUT2D eigenvalue weighted by Crippen LogP contribution is -2.70. The summed E-state index contributed by atoms with van der Waals surface area (Å²) in [7, 11) is -3.49. The molecule has 158 valence electrons. The number of benzene rings is 1. The van der Waals surface area contributed by atoms with E-state index in [0.29, 0.717) is 44.6 Å². The van der Waals surface area contributed by atoms with Crippen molar-refractivity contribution in [2.75, 3.05) is 32.4 Å². The molecule has 1 aromatic carbocycles. The molecule has 3 aliphatic rings. The Bertz CT molecular complexity index is 935. The van der Waals surface area contributed by atoms with Crippen LogP contribution in [-0.2, 0) is 21.1 Å². The molecule has 4 rings (SSSR count). The summed E-state index contributed by atoms with van der Waals surface area (Å²) < 4.78 is 37.5. The molecule has 29 heavy (non-hydrogen) atoms. The smallest absolute Gasteiger partial charge is 0.320 e. The maximum absolute atomic E-state index is 13.5. The maximum atomic E-state index is 13.5. The highest BCUT2D eigenvalue weighted by atomic mass is 32.2. The molecule has 7 nitrogen and oxygen atoms in total. The van der Waals surface area contributed by atoms with Gasteiger partial charge in [0.2, 0.25) is 5.91 Å². The predicted molar refractivity (Wildman–Crippen MR) is 105 cm³/mol. The molecule has 0 bridgehead atoms. The molecular formula is C20H26FN3O4S. The standard InChI is InChI=1S/C20H26FN3O4S/c1-29(27,28)17-11-16(21)3-2-15(17)10-14-5-8-23(9-6-14)19(26)24-12-20(13-24)7-4-18(25)22-20/h2-3,11,14H,4-10,12-13H2,1H3,(H,22,25). The molecule has 0 aliphatic carbocycles. The van der Waals surface area contributed by atoms with Gasteiger partial charge in [0.15, 0.2) is 9.84 Å². The first kappa shape index (κ1) is 20.1. The lowest BCUT2D eigenvalue weighted by atomic mass is 9.88. The van der Waals surface area contributed by atoms with Crippen LogP contribution in [0.2, 0.25) is 0 Å². The highest BCUT2D eigenvalue weighted by molar-refractivity contribution is 7.90. The summed E-state index contributed by atoms with van der Waals surface area (Å²) in [4.78, 5) is 27.8. The number of rotatable bonds is 3. The number of carbonyl (C=O) groups is 2. The fourth-order valence-electron chi connectivity index (χ4n) is 4.71. The van der Waals surface area contributed by atoms with Gasteiger partial charge >= 0.3 is 6.03 Å². The normalized spacial score (nSPS) is 21.9. The molecule has 3 fully saturated rings. The summed E-state index contributed by atoms with van der Waals surface area (Å²) in [5.41, 5.74) is 0.427. The molecule has 0 aromatic heterocycles. The largest absolute Gasteiger partial charge is 0.347 e. The van der Waals surface area contributed by atoms with Crippen molar-refractivity contribution in [3.8, 4) is 0 Å². The van der Waals surface area contributed by atoms with Gasteiger partial charge in [-0.2, -0.15) is 0 Å². The van der Waals surface area contributed by atoms with Gasteiger partial charge in [0.1, 0.15) is 5.82 Å². The minimum Gasteiger partial charge on any atom is -0.347 e. The molecule has 0 radical (unpaired) electrons. The Morgan fingerprint density at radius 2 is 1.93 bits per heavy atom. The fraction of sp³-hybridized carbons (Fsp3) is 0.600. The minimum atomic E-state index is -3.49. The Labute approximate surface area is 170 Å². The van der Waals surface area contributed by atoms with Gasteiger partial charge in [0.05, 0.1) is 10.4 Å². The van der Waals surface area contributed by atoms with Crippen LogP contribution in [0.15, 0.2) is 23.1 Å². The average Bonchev–Trinajstić information content (AvgIpc) is 3.03. The fourth-order valence-corrected chi connectivity index (χ4v) is 5.67. The van der Waals surface area contributed by atoms with Crippen LogP contribution in [0.1, 0.15) is 31.2 Å². The summed E-state index contributed by atoms with van der Waals surface area (Å²) in [5.74, 6) is -0.241. The van der Waals surface area contributed by atoms with Gasteiger partial charge in [-0.1, -0.05) is 6.07 Å². The first-order chi connectivity index (χ1) is 13.7. The van der Waals surface area contributed by atoms with E-state index >= 15 is 0 Å². The van der Waals surface area contributed by atoms with Gasteiger partial charge in [-0.3, -0.25) is 4.79 Å². The van der Waals surface area contributed by atoms with E-state index in [-0.39, 0.29) is 28.3 Å². The van der Waals surface area contributed by atoms with E-state index in [1.54, 1.807) is 11.0 Å². The van der Waals surface area contributed by atoms with E-state index in [2.05, 4.69) is 5.32 Å². The van der Waals surface area contributed by atoms with Crippen LogP contribution in [-0.4, -0.2) is 68.1 Å². The first-order valence-electron chi connectivity index (χ1n) is 9.99. The van der Waals surface area contributed by atoms with Crippen LogP contribution < -0.4 is 5.32 Å². The van der Waals surface area contributed by atoms with Crippen molar-refractivity contribution in [1.82, 2.24) is 15.1 Å². The molecule has 1 aromatic rings. The summed E-state index contributed by atoms with van der Waals surface area (Å²) >= 11 is 0. The van der Waals surface area contributed by atoms with Gasteiger partial charge < -0.3 is 15.1 Å². The zero-order valence-corrected chi connectivity index (χ0v) is 17.3. The molecule has 0 saturated carbocycles. The van der Waals surface area contributed by atoms with Crippen LogP contribution >= 0.6 is 0 Å². The number of sulfone groups is 1. The summed E-state index contributed by atoms with van der Waals surface area (Å²) in [5, 5.41) is 2.98. The number of nitrogens with one attached hydrogen (secondary N) is 1. The Balaban J connectivity index is 1.32. The monoisotopic (exact) mass is 423 g/mol. The van der Waals surface area contributed by atoms with Gasteiger partial charge in [0.25, 0.3) is 0 Å². The number of carbonyl (C=O) groups excluding carboxylic acids is 2. The molecule has 3 amide bonds. The van der Waals surface area contributed by atoms with E-state index in [4.69, 9.17) is 0 Å². The molecule has 1 spiro atoms. The molecule has 3 aliphatic heterocycles. The Morgan fingerprint density at radius 1 is 1.24 bits per heavy atom. The number of likely N-dealkylation sites (tertiary alicyclic amines) is 2. The SMILES string of the molecule is CS(=O)(=O)c1cc(F)ccc1CC1CCN(C(=O)N2CC3(CCC(=O)N3)C2)CC1. The Morgan fingerprint density at radius 3 is 2.52 bits per heavy atom. The van der Waals surface area contributed by atoms with Crippen molar-refractivity contribution in [2.24, 2.45) is 5.92 Å². The van der Waals surface area contributed by atoms with E-state index in [0.717, 1.165) is 31.6 Å². The minimum absolute atomic E-state index is 0.00818. The molecule has 3 saturated heterocycles. The number of piperidine rings is 1. The van der Waals surface area contributed by atoms with E-state index in [1.807, 2.05) is 4.90 Å². The lowest BCUT2D eigenvalue weighted by molar-refractivity contribution is -0.120. The number of halogens is 1. The van der Waals surface area contributed by atoms with Crippen LogP contribution in [0.5, 0.6) is 0 Å². The molecule has 0 atom stereocenters. The second-order valence-electron chi connectivity index (χ2n) is 8.63. The molecule has 9 heteroatoms. The topological polar surface area (TPSA) is 86.8 Å². The van der Waals surface area contributed by atoms with Gasteiger partial charge in [-0.05, 0) is 49.3 Å². The summed E-state index contributed by atoms with van der Waals surface area (Å²) in [6.07, 6.45) is 4.54. The van der Waals surface area contributed by atoms with Crippen LogP contribution in [0.4, 0.5) is 9.18 Å². The summed E-state index contributed by atoms with van der Waals surface area (Å²) in [6, 6.07) is 3.95. The van der Waals surface area contributed by atoms with Crippen LogP contribution in [0.25, 0.3) is 0 Å². The van der Waals surface area contributed by atoms with Crippen molar-refractivity contribution in [2.45, 2.75) is 42.5 Å². The first-order valence-corrected chi connectivity index (χ1v) is 11.9. The molecular weight excluding hydrogens is 397 g/mol. The molecule has 0 unspecified atom stereocenters. The zero-order valence-electron chi connectivity index (χ0n) is 16.5. The van der Waals surface area contributed by atoms with Crippen LogP contribution in [0, 0.1) is 11.7 Å². The Kier molecular flexibility index (Phi) is 5.04. The van der Waals surface area contributed by atoms with Crippen LogP contribution in [0.3, 0.4) is 0 Å². The lowest BCUT2D eigenvalue weighted by Gasteiger charge is -2.49. The molecule has 3 heterocycles. The number of hydrogen-bond donors (Lipinski definition) is 1. The highest BCUT2D eigenvalue weighted by Gasteiger charge is 2.50. The van der Waals surface area contributed by atoms with Crippen molar-refractivity contribution >= 4 is 21.8 Å². The van der Waals surface area contributed by atoms with E-state index in [9.17, 15) is 22.4 Å². The van der Waals surface area contributed by atoms with Crippen molar-refractivity contribution < 1.29 is 22.4 Å². The second-order valence-corrected chi connectivity index (χ2v) is 10.6. The van der Waals surface area contributed by atoms with Crippen molar-refractivity contribution in [3.63, 3.8) is 0 Å². The number of nitrogens with zero attached hydrogens (tertiary/aromatic N) is 2. The molecule has 1 N–H and O–H groups in total. The number of amides is 3.